The number of rotatable bonds is 0. The molecule has 2 unspecified atom stereocenters. The molecule has 3 rings (SSSR count). The van der Waals surface area contributed by atoms with Crippen LogP contribution in [-0.4, -0.2) is 10.2 Å². The quantitative estimate of drug-likeness (QED) is 0.622. The van der Waals surface area contributed by atoms with Crippen LogP contribution in [0, 0.1) is 5.92 Å². The van der Waals surface area contributed by atoms with Gasteiger partial charge in [0.2, 0.25) is 0 Å². The Labute approximate surface area is 79.0 Å². The van der Waals surface area contributed by atoms with Crippen molar-refractivity contribution < 1.29 is 8.78 Å². The number of anilines is 1. The number of fused-ring (bicyclic) bond motifs is 3. The van der Waals surface area contributed by atoms with Crippen molar-refractivity contribution in [3.8, 4) is 0 Å². The maximum Gasteiger partial charge on any atom is 0.296 e. The van der Waals surface area contributed by atoms with E-state index in [4.69, 9.17) is 5.73 Å². The first-order chi connectivity index (χ1) is 6.53. The Morgan fingerprint density at radius 1 is 1.57 bits per heavy atom. The molecule has 5 heteroatoms. The van der Waals surface area contributed by atoms with E-state index in [1.54, 1.807) is 0 Å². The molecule has 74 valence electrons. The summed E-state index contributed by atoms with van der Waals surface area (Å²) < 4.78 is 27.4. The number of hydrogen-bond donors (Lipinski definition) is 2. The van der Waals surface area contributed by atoms with Crippen LogP contribution in [0.15, 0.2) is 12.2 Å². The normalized spacial score (nSPS) is 32.3. The molecule has 2 aliphatic carbocycles. The molecular formula is C9H9F2N3. The SMILES string of the molecule is C=C1CC2c3c(N)n[nH]c3C(F)(F)C12. The minimum Gasteiger partial charge on any atom is -0.382 e. The fraction of sp³-hybridized carbons (Fsp3) is 0.444. The molecule has 0 spiro atoms. The molecule has 0 radical (unpaired) electrons. The summed E-state index contributed by atoms with van der Waals surface area (Å²) in [6.45, 7) is 3.64. The Morgan fingerprint density at radius 3 is 2.93 bits per heavy atom. The van der Waals surface area contributed by atoms with Crippen LogP contribution in [-0.2, 0) is 5.92 Å². The van der Waals surface area contributed by atoms with E-state index in [9.17, 15) is 8.78 Å². The molecule has 3 N–H and O–H groups in total. The van der Waals surface area contributed by atoms with Crippen molar-refractivity contribution in [3.05, 3.63) is 23.4 Å². The molecule has 1 aromatic heterocycles. The molecule has 1 saturated carbocycles. The van der Waals surface area contributed by atoms with Crippen molar-refractivity contribution in [1.29, 1.82) is 0 Å². The van der Waals surface area contributed by atoms with Crippen LogP contribution in [0.2, 0.25) is 0 Å². The number of nitrogens with one attached hydrogen (secondary N) is 1. The Morgan fingerprint density at radius 2 is 2.29 bits per heavy atom. The Bertz CT molecular complexity index is 435. The van der Waals surface area contributed by atoms with Gasteiger partial charge in [-0.15, -0.1) is 0 Å². The first-order valence-electron chi connectivity index (χ1n) is 4.43. The van der Waals surface area contributed by atoms with Gasteiger partial charge in [0.1, 0.15) is 11.5 Å². The molecule has 2 aliphatic rings. The van der Waals surface area contributed by atoms with E-state index in [1.165, 1.54) is 0 Å². The third-order valence-corrected chi connectivity index (χ3v) is 3.25. The molecule has 0 aromatic carbocycles. The van der Waals surface area contributed by atoms with E-state index in [1.807, 2.05) is 0 Å². The summed E-state index contributed by atoms with van der Waals surface area (Å²) in [5.74, 6) is -3.58. The molecule has 14 heavy (non-hydrogen) atoms. The number of alkyl halides is 2. The summed E-state index contributed by atoms with van der Waals surface area (Å²) in [7, 11) is 0. The summed E-state index contributed by atoms with van der Waals surface area (Å²) in [6.07, 6.45) is 0.608. The Kier molecular flexibility index (Phi) is 1.13. The van der Waals surface area contributed by atoms with Crippen LogP contribution in [0.25, 0.3) is 0 Å². The predicted octanol–water partition coefficient (Wildman–Crippen LogP) is 1.76. The zero-order valence-corrected chi connectivity index (χ0v) is 7.35. The molecule has 2 atom stereocenters. The van der Waals surface area contributed by atoms with Gasteiger partial charge < -0.3 is 5.73 Å². The van der Waals surface area contributed by atoms with E-state index < -0.39 is 11.8 Å². The van der Waals surface area contributed by atoms with Gasteiger partial charge in [0, 0.05) is 11.5 Å². The van der Waals surface area contributed by atoms with Gasteiger partial charge >= 0.3 is 0 Å². The van der Waals surface area contributed by atoms with Gasteiger partial charge in [0.05, 0.1) is 5.92 Å². The lowest BCUT2D eigenvalue weighted by Gasteiger charge is -2.36. The van der Waals surface area contributed by atoms with Crippen molar-refractivity contribution in [2.24, 2.45) is 5.92 Å². The molecule has 0 aliphatic heterocycles. The standard InChI is InChI=1S/C9H9F2N3/c1-3-2-4-5-7(13-14-8(5)12)9(10,11)6(3)4/h4,6H,1-2H2,(H3,12,13,14). The van der Waals surface area contributed by atoms with Crippen LogP contribution in [0.4, 0.5) is 14.6 Å². The summed E-state index contributed by atoms with van der Waals surface area (Å²) in [6, 6.07) is 0. The summed E-state index contributed by atoms with van der Waals surface area (Å²) in [4.78, 5) is 0. The van der Waals surface area contributed by atoms with Crippen LogP contribution < -0.4 is 5.73 Å². The van der Waals surface area contributed by atoms with Crippen molar-refractivity contribution >= 4 is 5.82 Å². The van der Waals surface area contributed by atoms with Gasteiger partial charge in [-0.2, -0.15) is 13.9 Å². The number of H-pyrrole nitrogens is 1. The third-order valence-electron chi connectivity index (χ3n) is 3.25. The third kappa shape index (κ3) is 0.625. The largest absolute Gasteiger partial charge is 0.382 e. The number of aromatic amines is 1. The average Bonchev–Trinajstić information content (AvgIpc) is 2.48. The van der Waals surface area contributed by atoms with Gasteiger partial charge in [-0.3, -0.25) is 5.10 Å². The highest BCUT2D eigenvalue weighted by atomic mass is 19.3. The van der Waals surface area contributed by atoms with Crippen LogP contribution in [0.1, 0.15) is 23.6 Å². The molecule has 3 nitrogen and oxygen atoms in total. The number of hydrogen-bond acceptors (Lipinski definition) is 2. The van der Waals surface area contributed by atoms with E-state index in [0.29, 0.717) is 17.6 Å². The first-order valence-corrected chi connectivity index (χ1v) is 4.43. The van der Waals surface area contributed by atoms with Gasteiger partial charge in [-0.05, 0) is 6.42 Å². The number of nitrogen functional groups attached to an aromatic ring is 1. The molecular weight excluding hydrogens is 188 g/mol. The maximum atomic E-state index is 13.7. The lowest BCUT2D eigenvalue weighted by molar-refractivity contribution is -0.0645. The maximum absolute atomic E-state index is 13.7. The lowest BCUT2D eigenvalue weighted by atomic mass is 9.69. The topological polar surface area (TPSA) is 54.7 Å². The van der Waals surface area contributed by atoms with E-state index in [2.05, 4.69) is 16.8 Å². The predicted molar refractivity (Wildman–Crippen MR) is 46.9 cm³/mol. The van der Waals surface area contributed by atoms with Gasteiger partial charge in [0.15, 0.2) is 0 Å². The fourth-order valence-electron chi connectivity index (χ4n) is 2.58. The molecule has 0 saturated heterocycles. The van der Waals surface area contributed by atoms with Gasteiger partial charge in [-0.1, -0.05) is 12.2 Å². The van der Waals surface area contributed by atoms with Crippen molar-refractivity contribution in [2.75, 3.05) is 5.73 Å². The van der Waals surface area contributed by atoms with Gasteiger partial charge in [-0.25, -0.2) is 0 Å². The minimum atomic E-state index is -2.86. The first kappa shape index (κ1) is 7.96. The number of nitrogens with two attached hydrogens (primary N) is 1. The second-order valence-corrected chi connectivity index (χ2v) is 3.97. The second kappa shape index (κ2) is 1.99. The number of aromatic nitrogens is 2. The van der Waals surface area contributed by atoms with Crippen molar-refractivity contribution in [2.45, 2.75) is 18.3 Å². The van der Waals surface area contributed by atoms with Gasteiger partial charge in [0.25, 0.3) is 5.92 Å². The fourth-order valence-corrected chi connectivity index (χ4v) is 2.58. The Balaban J connectivity index is 2.22. The molecule has 1 fully saturated rings. The minimum absolute atomic E-state index is 0.108. The highest BCUT2D eigenvalue weighted by Crippen LogP contribution is 2.64. The van der Waals surface area contributed by atoms with E-state index >= 15 is 0 Å². The van der Waals surface area contributed by atoms with Crippen LogP contribution >= 0.6 is 0 Å². The van der Waals surface area contributed by atoms with Crippen LogP contribution in [0.5, 0.6) is 0 Å². The summed E-state index contributed by atoms with van der Waals surface area (Å²) in [5, 5.41) is 5.95. The van der Waals surface area contributed by atoms with E-state index in [-0.39, 0.29) is 17.4 Å². The zero-order valence-electron chi connectivity index (χ0n) is 7.35. The number of halogens is 2. The number of allylic oxidation sites excluding steroid dienone is 1. The average molecular weight is 197 g/mol. The molecule has 0 amide bonds. The molecule has 1 heterocycles. The smallest absolute Gasteiger partial charge is 0.296 e. The molecule has 1 aromatic rings. The summed E-state index contributed by atoms with van der Waals surface area (Å²) in [5.41, 5.74) is 6.55. The monoisotopic (exact) mass is 197 g/mol. The van der Waals surface area contributed by atoms with Crippen molar-refractivity contribution in [1.82, 2.24) is 10.2 Å². The Hall–Kier alpha value is -1.39. The van der Waals surface area contributed by atoms with E-state index in [0.717, 1.165) is 0 Å². The van der Waals surface area contributed by atoms with Crippen molar-refractivity contribution in [3.63, 3.8) is 0 Å². The lowest BCUT2D eigenvalue weighted by Crippen LogP contribution is -2.33. The summed E-state index contributed by atoms with van der Waals surface area (Å²) >= 11 is 0. The van der Waals surface area contributed by atoms with Crippen LogP contribution in [0.3, 0.4) is 0 Å². The number of nitrogens with zero attached hydrogens (tertiary/aromatic N) is 1. The highest BCUT2D eigenvalue weighted by molar-refractivity contribution is 5.55. The second-order valence-electron chi connectivity index (χ2n) is 3.97. The highest BCUT2D eigenvalue weighted by Gasteiger charge is 2.62. The zero-order chi connectivity index (χ0) is 10.1. The molecule has 0 bridgehead atoms.